The van der Waals surface area contributed by atoms with Crippen molar-refractivity contribution in [3.05, 3.63) is 5.25 Å². The molecule has 0 amide bonds. The molecule has 0 heterocycles. The van der Waals surface area contributed by atoms with Gasteiger partial charge in [-0.2, -0.15) is 11.8 Å². The van der Waals surface area contributed by atoms with E-state index in [-0.39, 0.29) is 0 Å². The van der Waals surface area contributed by atoms with E-state index in [1.165, 1.54) is 19.3 Å². The molecule has 1 fully saturated rings. The third-order valence-corrected chi connectivity index (χ3v) is 2.89. The van der Waals surface area contributed by atoms with Crippen LogP contribution in [0.2, 0.25) is 0 Å². The molecule has 0 N–H and O–H groups in total. The van der Waals surface area contributed by atoms with Crippen LogP contribution in [0.1, 0.15) is 33.1 Å². The third-order valence-electron chi connectivity index (χ3n) is 1.39. The van der Waals surface area contributed by atoms with Crippen molar-refractivity contribution in [2.75, 3.05) is 0 Å². The van der Waals surface area contributed by atoms with Crippen LogP contribution in [0, 0.1) is 5.25 Å². The zero-order valence-corrected chi connectivity index (χ0v) is 6.42. The van der Waals surface area contributed by atoms with Gasteiger partial charge in [0.1, 0.15) is 0 Å². The molecule has 0 spiro atoms. The van der Waals surface area contributed by atoms with Gasteiger partial charge in [0.15, 0.2) is 0 Å². The Kier molecular flexibility index (Phi) is 2.24. The van der Waals surface area contributed by atoms with Crippen molar-refractivity contribution in [3.8, 4) is 0 Å². The lowest BCUT2D eigenvalue weighted by molar-refractivity contribution is 1.05. The Bertz CT molecular complexity index is 66.8. The van der Waals surface area contributed by atoms with Gasteiger partial charge in [0.25, 0.3) is 0 Å². The van der Waals surface area contributed by atoms with Gasteiger partial charge in [-0.05, 0) is 26.2 Å². The van der Waals surface area contributed by atoms with Crippen LogP contribution >= 0.6 is 11.8 Å². The van der Waals surface area contributed by atoms with E-state index in [0.717, 1.165) is 5.25 Å². The second-order valence-electron chi connectivity index (χ2n) is 2.37. The highest BCUT2D eigenvalue weighted by Gasteiger charge is 2.23. The summed E-state index contributed by atoms with van der Waals surface area (Å²) in [7, 11) is 0. The van der Waals surface area contributed by atoms with Gasteiger partial charge in [-0.1, -0.05) is 6.92 Å². The molecule has 0 aromatic heterocycles. The maximum Gasteiger partial charge on any atom is 0.0276 e. The summed E-state index contributed by atoms with van der Waals surface area (Å²) in [5.74, 6) is 0. The van der Waals surface area contributed by atoms with Crippen molar-refractivity contribution in [1.82, 2.24) is 0 Å². The molecule has 1 aliphatic carbocycles. The van der Waals surface area contributed by atoms with E-state index >= 15 is 0 Å². The molecule has 0 aromatic rings. The zero-order valence-electron chi connectivity index (χ0n) is 5.61. The average Bonchev–Trinajstić information content (AvgIpc) is 2.50. The van der Waals surface area contributed by atoms with Crippen LogP contribution in [-0.2, 0) is 0 Å². The Morgan fingerprint density at radius 3 is 2.62 bits per heavy atom. The summed E-state index contributed by atoms with van der Waals surface area (Å²) in [5, 5.41) is 2.61. The molecular formula is C7H13S. The Hall–Kier alpha value is 0.350. The maximum atomic E-state index is 2.24. The van der Waals surface area contributed by atoms with Crippen molar-refractivity contribution in [1.29, 1.82) is 0 Å². The fourth-order valence-electron chi connectivity index (χ4n) is 0.554. The molecule has 0 aromatic carbocycles. The summed E-state index contributed by atoms with van der Waals surface area (Å²) in [5.41, 5.74) is 0. The van der Waals surface area contributed by atoms with Gasteiger partial charge < -0.3 is 0 Å². The van der Waals surface area contributed by atoms with E-state index in [1.54, 1.807) is 5.25 Å². The lowest BCUT2D eigenvalue weighted by Crippen LogP contribution is -1.82. The van der Waals surface area contributed by atoms with Gasteiger partial charge in [-0.15, -0.1) is 0 Å². The van der Waals surface area contributed by atoms with Crippen molar-refractivity contribution < 1.29 is 0 Å². The molecule has 1 saturated carbocycles. The molecule has 1 heteroatoms. The smallest absolute Gasteiger partial charge is 0.0276 e. The molecule has 1 aliphatic rings. The van der Waals surface area contributed by atoms with Crippen molar-refractivity contribution in [2.45, 2.75) is 38.4 Å². The fourth-order valence-corrected chi connectivity index (χ4v) is 1.66. The van der Waals surface area contributed by atoms with Gasteiger partial charge >= 0.3 is 0 Å². The number of hydrogen-bond donors (Lipinski definition) is 0. The lowest BCUT2D eigenvalue weighted by atomic mass is 10.4. The minimum Gasteiger partial charge on any atom is -0.151 e. The van der Waals surface area contributed by atoms with Gasteiger partial charge in [-0.3, -0.25) is 0 Å². The second-order valence-corrected chi connectivity index (χ2v) is 3.97. The average molecular weight is 129 g/mol. The van der Waals surface area contributed by atoms with Crippen LogP contribution < -0.4 is 0 Å². The quantitative estimate of drug-likeness (QED) is 0.564. The maximum absolute atomic E-state index is 2.24. The molecule has 0 saturated heterocycles. The SMILES string of the molecule is CC[C](C)SC1CC1. The molecular weight excluding hydrogens is 116 g/mol. The first-order chi connectivity index (χ1) is 3.83. The van der Waals surface area contributed by atoms with Crippen LogP contribution in [0.4, 0.5) is 0 Å². The van der Waals surface area contributed by atoms with E-state index in [9.17, 15) is 0 Å². The first kappa shape index (κ1) is 6.47. The Morgan fingerprint density at radius 1 is 1.62 bits per heavy atom. The molecule has 1 rings (SSSR count). The van der Waals surface area contributed by atoms with E-state index in [0.29, 0.717) is 0 Å². The third kappa shape index (κ3) is 2.08. The van der Waals surface area contributed by atoms with E-state index < -0.39 is 0 Å². The highest BCUT2D eigenvalue weighted by molar-refractivity contribution is 8.02. The zero-order chi connectivity index (χ0) is 5.98. The molecule has 0 atom stereocenters. The molecule has 47 valence electrons. The van der Waals surface area contributed by atoms with Gasteiger partial charge in [0.05, 0.1) is 0 Å². The molecule has 0 aliphatic heterocycles. The van der Waals surface area contributed by atoms with Crippen molar-refractivity contribution in [2.24, 2.45) is 0 Å². The van der Waals surface area contributed by atoms with Gasteiger partial charge in [0.2, 0.25) is 0 Å². The minimum atomic E-state index is 1.01. The summed E-state index contributed by atoms with van der Waals surface area (Å²) < 4.78 is 0. The predicted molar refractivity (Wildman–Crippen MR) is 39.8 cm³/mol. The Balaban J connectivity index is 1.98. The topological polar surface area (TPSA) is 0 Å². The number of rotatable bonds is 3. The fraction of sp³-hybridized carbons (Fsp3) is 0.857. The molecule has 0 nitrogen and oxygen atoms in total. The summed E-state index contributed by atoms with van der Waals surface area (Å²) in [4.78, 5) is 0. The highest BCUT2D eigenvalue weighted by Crippen LogP contribution is 2.40. The summed E-state index contributed by atoms with van der Waals surface area (Å²) in [6, 6.07) is 0. The van der Waals surface area contributed by atoms with Crippen LogP contribution in [0.5, 0.6) is 0 Å². The van der Waals surface area contributed by atoms with E-state index in [2.05, 4.69) is 25.6 Å². The van der Waals surface area contributed by atoms with Crippen LogP contribution in [0.3, 0.4) is 0 Å². The monoisotopic (exact) mass is 129 g/mol. The molecule has 0 bridgehead atoms. The molecule has 0 unspecified atom stereocenters. The molecule has 1 radical (unpaired) electrons. The highest BCUT2D eigenvalue weighted by atomic mass is 32.2. The van der Waals surface area contributed by atoms with Crippen LogP contribution in [-0.4, -0.2) is 5.25 Å². The summed E-state index contributed by atoms with van der Waals surface area (Å²) >= 11 is 2.08. The van der Waals surface area contributed by atoms with Crippen LogP contribution in [0.15, 0.2) is 0 Å². The van der Waals surface area contributed by atoms with Crippen LogP contribution in [0.25, 0.3) is 0 Å². The van der Waals surface area contributed by atoms with E-state index in [1.807, 2.05) is 0 Å². The summed E-state index contributed by atoms with van der Waals surface area (Å²) in [6.45, 7) is 4.47. The first-order valence-corrected chi connectivity index (χ1v) is 4.20. The van der Waals surface area contributed by atoms with E-state index in [4.69, 9.17) is 0 Å². The predicted octanol–water partition coefficient (Wildman–Crippen LogP) is 2.84. The van der Waals surface area contributed by atoms with Crippen molar-refractivity contribution >= 4 is 11.8 Å². The number of hydrogen-bond acceptors (Lipinski definition) is 1. The van der Waals surface area contributed by atoms with Gasteiger partial charge in [0, 0.05) is 10.5 Å². The Labute approximate surface area is 56.0 Å². The largest absolute Gasteiger partial charge is 0.151 e. The second kappa shape index (κ2) is 2.77. The Morgan fingerprint density at radius 2 is 2.25 bits per heavy atom. The molecule has 8 heavy (non-hydrogen) atoms. The minimum absolute atomic E-state index is 1.01. The van der Waals surface area contributed by atoms with Gasteiger partial charge in [-0.25, -0.2) is 0 Å². The van der Waals surface area contributed by atoms with Crippen molar-refractivity contribution in [3.63, 3.8) is 0 Å². The number of thioether (sulfide) groups is 1. The first-order valence-electron chi connectivity index (χ1n) is 3.32. The lowest BCUT2D eigenvalue weighted by Gasteiger charge is -2.03. The normalized spacial score (nSPS) is 19.9. The summed E-state index contributed by atoms with van der Waals surface area (Å²) in [6.07, 6.45) is 4.17. The standard InChI is InChI=1S/C7H13S/c1-3-6(2)8-7-4-5-7/h7H,3-5H2,1-2H3.